The largest absolute Gasteiger partial charge is 0.477 e. The van der Waals surface area contributed by atoms with Crippen molar-refractivity contribution in [3.05, 3.63) is 39.2 Å². The van der Waals surface area contributed by atoms with Crippen molar-refractivity contribution in [3.63, 3.8) is 0 Å². The van der Waals surface area contributed by atoms with Gasteiger partial charge in [0.1, 0.15) is 5.56 Å². The Morgan fingerprint density at radius 3 is 2.35 bits per heavy atom. The Kier molecular flexibility index (Phi) is 7.31. The highest BCUT2D eigenvalue weighted by Gasteiger charge is 2.40. The standard InChI is InChI=1S/C22H29N3O10P2/c1-11-9-23(6-7-24(11)21(29)35-22(36(30)31)37(32,33)34)16-8-17-18(13(3)12(16)2)19(26)15(20(27)28)10-25(17)14-4-5-14/h8,10-11,14,22,36H,4-7,9H2,1-3H3,(H,27,28)(H,30,31)(H2,32,33,34). The van der Waals surface area contributed by atoms with E-state index in [0.717, 1.165) is 24.1 Å². The Morgan fingerprint density at radius 1 is 1.19 bits per heavy atom. The van der Waals surface area contributed by atoms with E-state index in [1.165, 1.54) is 11.1 Å². The summed E-state index contributed by atoms with van der Waals surface area (Å²) in [6, 6.07) is 1.50. The highest BCUT2D eigenvalue weighted by atomic mass is 31.2. The van der Waals surface area contributed by atoms with Crippen LogP contribution in [0.2, 0.25) is 0 Å². The molecule has 202 valence electrons. The summed E-state index contributed by atoms with van der Waals surface area (Å²) in [5.74, 6) is -1.27. The number of aryl methyl sites for hydroxylation is 1. The van der Waals surface area contributed by atoms with Gasteiger partial charge in [-0.2, -0.15) is 0 Å². The number of rotatable bonds is 6. The molecular formula is C22H29N3O10P2. The molecule has 1 aromatic heterocycles. The number of hydrogen-bond donors (Lipinski definition) is 4. The van der Waals surface area contributed by atoms with E-state index in [-0.39, 0.29) is 18.2 Å². The number of benzene rings is 1. The Morgan fingerprint density at radius 2 is 1.84 bits per heavy atom. The maximum Gasteiger partial charge on any atom is 0.411 e. The van der Waals surface area contributed by atoms with E-state index in [9.17, 15) is 43.3 Å². The predicted molar refractivity (Wildman–Crippen MR) is 135 cm³/mol. The molecule has 0 spiro atoms. The summed E-state index contributed by atoms with van der Waals surface area (Å²) in [5, 5.41) is 9.93. The summed E-state index contributed by atoms with van der Waals surface area (Å²) in [5.41, 5.74) is -0.293. The number of carboxylic acids is 1. The third kappa shape index (κ3) is 5.19. The Balaban J connectivity index is 1.65. The van der Waals surface area contributed by atoms with Gasteiger partial charge in [0.25, 0.3) is 5.59 Å². The zero-order valence-corrected chi connectivity index (χ0v) is 22.3. The molecule has 2 aromatic rings. The van der Waals surface area contributed by atoms with Crippen molar-refractivity contribution in [2.24, 2.45) is 0 Å². The molecule has 13 nitrogen and oxygen atoms in total. The van der Waals surface area contributed by atoms with Gasteiger partial charge in [-0.25, -0.2) is 9.59 Å². The third-order valence-electron chi connectivity index (χ3n) is 6.97. The number of pyridine rings is 1. The quantitative estimate of drug-likeness (QED) is 0.382. The molecule has 3 atom stereocenters. The molecule has 15 heteroatoms. The van der Waals surface area contributed by atoms with Gasteiger partial charge >= 0.3 is 19.7 Å². The number of amides is 1. The number of hydrogen-bond acceptors (Lipinski definition) is 7. The number of aromatic nitrogens is 1. The number of nitrogens with zero attached hydrogens (tertiary/aromatic N) is 3. The second-order valence-corrected chi connectivity index (χ2v) is 12.8. The minimum absolute atomic E-state index is 0.114. The van der Waals surface area contributed by atoms with Gasteiger partial charge in [-0.05, 0) is 50.8 Å². The first-order chi connectivity index (χ1) is 17.2. The van der Waals surface area contributed by atoms with Crippen molar-refractivity contribution in [1.82, 2.24) is 9.47 Å². The first-order valence-electron chi connectivity index (χ1n) is 11.6. The van der Waals surface area contributed by atoms with Gasteiger partial charge in [0.2, 0.25) is 13.5 Å². The van der Waals surface area contributed by atoms with Crippen LogP contribution in [-0.4, -0.2) is 72.6 Å². The molecule has 1 aromatic carbocycles. The van der Waals surface area contributed by atoms with E-state index in [2.05, 4.69) is 0 Å². The van der Waals surface area contributed by atoms with E-state index < -0.39 is 44.7 Å². The summed E-state index contributed by atoms with van der Waals surface area (Å²) in [7, 11) is -8.98. The predicted octanol–water partition coefficient (Wildman–Crippen LogP) is 2.23. The average Bonchev–Trinajstić information content (AvgIpc) is 3.63. The Bertz CT molecular complexity index is 1410. The number of piperazine rings is 1. The molecule has 1 saturated carbocycles. The van der Waals surface area contributed by atoms with E-state index in [4.69, 9.17) is 4.74 Å². The minimum Gasteiger partial charge on any atom is -0.477 e. The van der Waals surface area contributed by atoms with Crippen molar-refractivity contribution in [1.29, 1.82) is 0 Å². The normalized spacial score (nSPS) is 20.1. The lowest BCUT2D eigenvalue weighted by molar-refractivity contribution is 0.0694. The second kappa shape index (κ2) is 9.89. The highest BCUT2D eigenvalue weighted by Crippen LogP contribution is 2.52. The zero-order valence-electron chi connectivity index (χ0n) is 20.4. The molecule has 1 amide bonds. The first-order valence-corrected chi connectivity index (χ1v) is 14.8. The van der Waals surface area contributed by atoms with Crippen LogP contribution < -0.4 is 10.3 Å². The van der Waals surface area contributed by atoms with Crippen molar-refractivity contribution in [2.75, 3.05) is 24.5 Å². The number of carbonyl (C=O) groups excluding carboxylic acids is 1. The monoisotopic (exact) mass is 557 g/mol. The van der Waals surface area contributed by atoms with Gasteiger partial charge in [-0.3, -0.25) is 13.9 Å². The van der Waals surface area contributed by atoms with Crippen LogP contribution in [0, 0.1) is 13.8 Å². The van der Waals surface area contributed by atoms with Gasteiger partial charge in [-0.1, -0.05) is 0 Å². The molecule has 4 rings (SSSR count). The summed E-state index contributed by atoms with van der Waals surface area (Å²) < 4.78 is 29.4. The summed E-state index contributed by atoms with van der Waals surface area (Å²) >= 11 is 0. The van der Waals surface area contributed by atoms with E-state index >= 15 is 0 Å². The van der Waals surface area contributed by atoms with Gasteiger partial charge in [0.15, 0.2) is 0 Å². The van der Waals surface area contributed by atoms with Crippen LogP contribution >= 0.6 is 15.6 Å². The van der Waals surface area contributed by atoms with Gasteiger partial charge in [0, 0.05) is 49.0 Å². The SMILES string of the molecule is Cc1c(N2CCN(C(=O)OC([PH](=O)O)P(=O)(O)O)C(C)C2)cc2c(c1C)c(=O)c(C(=O)O)cn2C1CC1. The summed E-state index contributed by atoms with van der Waals surface area (Å²) in [6.45, 7) is 6.08. The van der Waals surface area contributed by atoms with Gasteiger partial charge in [0.05, 0.1) is 5.52 Å². The zero-order chi connectivity index (χ0) is 27.4. The van der Waals surface area contributed by atoms with Crippen LogP contribution in [0.4, 0.5) is 10.5 Å². The average molecular weight is 557 g/mol. The minimum atomic E-state index is -5.14. The van der Waals surface area contributed by atoms with Crippen molar-refractivity contribution < 1.29 is 43.2 Å². The molecule has 0 radical (unpaired) electrons. The fourth-order valence-corrected chi connectivity index (χ4v) is 6.36. The Labute approximate surface area is 212 Å². The van der Waals surface area contributed by atoms with Crippen LogP contribution in [-0.2, 0) is 13.9 Å². The van der Waals surface area contributed by atoms with E-state index in [0.29, 0.717) is 29.6 Å². The van der Waals surface area contributed by atoms with Crippen LogP contribution in [0.1, 0.15) is 47.3 Å². The molecule has 37 heavy (non-hydrogen) atoms. The first kappa shape index (κ1) is 27.3. The molecule has 2 heterocycles. The van der Waals surface area contributed by atoms with E-state index in [1.54, 1.807) is 13.8 Å². The molecular weight excluding hydrogens is 528 g/mol. The molecule has 1 aliphatic heterocycles. The molecule has 0 bridgehead atoms. The number of aromatic carboxylic acids is 1. The lowest BCUT2D eigenvalue weighted by atomic mass is 9.98. The third-order valence-corrected chi connectivity index (χ3v) is 9.90. The molecule has 4 N–H and O–H groups in total. The molecule has 2 aliphatic rings. The Hall–Kier alpha value is -2.69. The number of ether oxygens (including phenoxy) is 1. The van der Waals surface area contributed by atoms with Crippen LogP contribution in [0.3, 0.4) is 0 Å². The van der Waals surface area contributed by atoms with E-state index in [1.807, 2.05) is 22.5 Å². The maximum atomic E-state index is 13.0. The molecule has 1 saturated heterocycles. The van der Waals surface area contributed by atoms with Gasteiger partial charge in [-0.15, -0.1) is 0 Å². The molecule has 3 unspecified atom stereocenters. The van der Waals surface area contributed by atoms with Crippen LogP contribution in [0.5, 0.6) is 0 Å². The van der Waals surface area contributed by atoms with Crippen LogP contribution in [0.25, 0.3) is 10.9 Å². The number of carbonyl (C=O) groups is 2. The molecule has 1 aliphatic carbocycles. The summed E-state index contributed by atoms with van der Waals surface area (Å²) in [6.07, 6.45) is 2.08. The van der Waals surface area contributed by atoms with Crippen molar-refractivity contribution in [3.8, 4) is 0 Å². The smallest absolute Gasteiger partial charge is 0.411 e. The second-order valence-electron chi connectivity index (χ2n) is 9.51. The molecule has 2 fully saturated rings. The van der Waals surface area contributed by atoms with Gasteiger partial charge < -0.3 is 38.9 Å². The number of carboxylic acid groups (broad SMARTS) is 1. The fraction of sp³-hybridized carbons (Fsp3) is 0.500. The summed E-state index contributed by atoms with van der Waals surface area (Å²) in [4.78, 5) is 68.3. The fourth-order valence-electron chi connectivity index (χ4n) is 4.78. The van der Waals surface area contributed by atoms with Crippen LogP contribution in [0.15, 0.2) is 17.1 Å². The van der Waals surface area contributed by atoms with Crippen molar-refractivity contribution in [2.45, 2.75) is 51.3 Å². The topological polar surface area (TPSA) is 187 Å². The van der Waals surface area contributed by atoms with Crippen molar-refractivity contribution >= 4 is 44.3 Å². The highest BCUT2D eigenvalue weighted by molar-refractivity contribution is 7.65. The number of fused-ring (bicyclic) bond motifs is 1. The number of anilines is 1. The maximum absolute atomic E-state index is 13.0. The lowest BCUT2D eigenvalue weighted by Crippen LogP contribution is -2.54. The lowest BCUT2D eigenvalue weighted by Gasteiger charge is -2.41.